The molecule has 2 aromatic carbocycles. The second-order valence-electron chi connectivity index (χ2n) is 5.58. The van der Waals surface area contributed by atoms with Crippen LogP contribution in [0.5, 0.6) is 0 Å². The molecule has 1 aromatic heterocycles. The zero-order chi connectivity index (χ0) is 17.6. The van der Waals surface area contributed by atoms with Gasteiger partial charge in [0.2, 0.25) is 0 Å². The molecule has 128 valence electrons. The summed E-state index contributed by atoms with van der Waals surface area (Å²) in [5, 5.41) is 3.78. The van der Waals surface area contributed by atoms with E-state index in [2.05, 4.69) is 26.2 Å². The largest absolute Gasteiger partial charge is 0.456 e. The Morgan fingerprint density at radius 3 is 2.64 bits per heavy atom. The third kappa shape index (κ3) is 4.70. The van der Waals surface area contributed by atoms with Crippen molar-refractivity contribution in [2.24, 2.45) is 0 Å². The number of aryl methyl sites for hydroxylation is 1. The first-order valence-electron chi connectivity index (χ1n) is 7.88. The number of carbonyl (C=O) groups is 2. The summed E-state index contributed by atoms with van der Waals surface area (Å²) < 4.78 is 5.96. The first kappa shape index (κ1) is 17.2. The summed E-state index contributed by atoms with van der Waals surface area (Å²) in [5.41, 5.74) is 2.76. The van der Waals surface area contributed by atoms with Gasteiger partial charge in [0, 0.05) is 33.7 Å². The van der Waals surface area contributed by atoms with Crippen LogP contribution in [-0.4, -0.2) is 23.5 Å². The van der Waals surface area contributed by atoms with Crippen LogP contribution in [0.2, 0.25) is 0 Å². The Kier molecular flexibility index (Phi) is 5.50. The SMILES string of the molecule is O=C(COC(=O)CCc1c[nH]c2ccccc12)Nc1ccc(Br)cc1. The number of para-hydroxylation sites is 1. The molecule has 5 nitrogen and oxygen atoms in total. The van der Waals surface area contributed by atoms with E-state index in [0.717, 1.165) is 20.9 Å². The zero-order valence-corrected chi connectivity index (χ0v) is 15.0. The lowest BCUT2D eigenvalue weighted by molar-refractivity contribution is -0.147. The molecule has 0 aliphatic carbocycles. The molecule has 6 heteroatoms. The first-order valence-corrected chi connectivity index (χ1v) is 8.67. The summed E-state index contributed by atoms with van der Waals surface area (Å²) >= 11 is 3.33. The second-order valence-corrected chi connectivity index (χ2v) is 6.49. The third-order valence-electron chi connectivity index (χ3n) is 3.77. The van der Waals surface area contributed by atoms with Crippen molar-refractivity contribution in [1.29, 1.82) is 0 Å². The van der Waals surface area contributed by atoms with E-state index in [1.165, 1.54) is 0 Å². The summed E-state index contributed by atoms with van der Waals surface area (Å²) in [4.78, 5) is 26.8. The molecule has 3 aromatic rings. The maximum Gasteiger partial charge on any atom is 0.306 e. The Bertz CT molecular complexity index is 887. The molecule has 2 N–H and O–H groups in total. The number of amides is 1. The van der Waals surface area contributed by atoms with Crippen LogP contribution in [0.25, 0.3) is 10.9 Å². The molecule has 0 radical (unpaired) electrons. The molecule has 25 heavy (non-hydrogen) atoms. The number of carbonyl (C=O) groups excluding carboxylic acids is 2. The highest BCUT2D eigenvalue weighted by Crippen LogP contribution is 2.19. The van der Waals surface area contributed by atoms with Crippen LogP contribution in [0.3, 0.4) is 0 Å². The van der Waals surface area contributed by atoms with Crippen molar-refractivity contribution < 1.29 is 14.3 Å². The van der Waals surface area contributed by atoms with Crippen molar-refractivity contribution in [1.82, 2.24) is 4.98 Å². The normalized spacial score (nSPS) is 10.6. The molecular formula is C19H17BrN2O3. The highest BCUT2D eigenvalue weighted by molar-refractivity contribution is 9.10. The van der Waals surface area contributed by atoms with Crippen LogP contribution in [0.15, 0.2) is 59.2 Å². The van der Waals surface area contributed by atoms with Gasteiger partial charge in [0.05, 0.1) is 0 Å². The molecule has 0 unspecified atom stereocenters. The smallest absolute Gasteiger partial charge is 0.306 e. The maximum atomic E-state index is 11.9. The van der Waals surface area contributed by atoms with Crippen LogP contribution in [0.1, 0.15) is 12.0 Å². The average Bonchev–Trinajstić information content (AvgIpc) is 3.03. The second kappa shape index (κ2) is 7.98. The average molecular weight is 401 g/mol. The van der Waals surface area contributed by atoms with Crippen LogP contribution < -0.4 is 5.32 Å². The van der Waals surface area contributed by atoms with E-state index in [9.17, 15) is 9.59 Å². The monoisotopic (exact) mass is 400 g/mol. The number of nitrogens with one attached hydrogen (secondary N) is 2. The third-order valence-corrected chi connectivity index (χ3v) is 4.29. The van der Waals surface area contributed by atoms with E-state index in [4.69, 9.17) is 4.74 Å². The molecule has 0 saturated heterocycles. The molecule has 1 amide bonds. The minimum absolute atomic E-state index is 0.230. The van der Waals surface area contributed by atoms with Crippen molar-refractivity contribution in [3.63, 3.8) is 0 Å². The highest BCUT2D eigenvalue weighted by atomic mass is 79.9. The quantitative estimate of drug-likeness (QED) is 0.613. The molecule has 0 saturated carbocycles. The van der Waals surface area contributed by atoms with Crippen molar-refractivity contribution >= 4 is 44.4 Å². The molecule has 0 atom stereocenters. The van der Waals surface area contributed by atoms with Gasteiger partial charge in [0.25, 0.3) is 5.91 Å². The van der Waals surface area contributed by atoms with E-state index in [1.54, 1.807) is 12.1 Å². The van der Waals surface area contributed by atoms with Gasteiger partial charge >= 0.3 is 5.97 Å². The van der Waals surface area contributed by atoms with Gasteiger partial charge in [-0.3, -0.25) is 9.59 Å². The van der Waals surface area contributed by atoms with Gasteiger partial charge in [0.15, 0.2) is 6.61 Å². The Morgan fingerprint density at radius 2 is 1.84 bits per heavy atom. The standard InChI is InChI=1S/C19H17BrN2O3/c20-14-6-8-15(9-7-14)22-18(23)12-25-19(24)10-5-13-11-21-17-4-2-1-3-16(13)17/h1-4,6-9,11,21H,5,10,12H2,(H,22,23). The Hall–Kier alpha value is -2.60. The lowest BCUT2D eigenvalue weighted by atomic mass is 10.1. The van der Waals surface area contributed by atoms with Crippen LogP contribution in [0, 0.1) is 0 Å². The molecule has 3 rings (SSSR count). The fourth-order valence-electron chi connectivity index (χ4n) is 2.52. The fraction of sp³-hybridized carbons (Fsp3) is 0.158. The molecule has 0 aliphatic rings. The fourth-order valence-corrected chi connectivity index (χ4v) is 2.79. The molecule has 1 heterocycles. The van der Waals surface area contributed by atoms with Gasteiger partial charge < -0.3 is 15.0 Å². The number of H-pyrrole nitrogens is 1. The van der Waals surface area contributed by atoms with E-state index < -0.39 is 5.97 Å². The summed E-state index contributed by atoms with van der Waals surface area (Å²) in [6.07, 6.45) is 2.70. The lowest BCUT2D eigenvalue weighted by Crippen LogP contribution is -2.21. The Morgan fingerprint density at radius 1 is 1.08 bits per heavy atom. The van der Waals surface area contributed by atoms with Crippen molar-refractivity contribution in [2.45, 2.75) is 12.8 Å². The van der Waals surface area contributed by atoms with Crippen molar-refractivity contribution in [3.05, 3.63) is 64.8 Å². The number of hydrogen-bond donors (Lipinski definition) is 2. The van der Waals surface area contributed by atoms with E-state index >= 15 is 0 Å². The number of aromatic nitrogens is 1. The summed E-state index contributed by atoms with van der Waals surface area (Å²) in [6.45, 7) is -0.289. The van der Waals surface area contributed by atoms with E-state index in [1.807, 2.05) is 42.6 Å². The predicted octanol–water partition coefficient (Wildman–Crippen LogP) is 4.04. The van der Waals surface area contributed by atoms with Crippen molar-refractivity contribution in [2.75, 3.05) is 11.9 Å². The van der Waals surface area contributed by atoms with E-state index in [0.29, 0.717) is 12.1 Å². The minimum atomic E-state index is -0.392. The van der Waals surface area contributed by atoms with Gasteiger partial charge in [-0.2, -0.15) is 0 Å². The summed E-state index contributed by atoms with van der Waals surface area (Å²) in [6, 6.07) is 15.1. The molecular weight excluding hydrogens is 384 g/mol. The molecule has 0 fully saturated rings. The Balaban J connectivity index is 1.44. The molecule has 0 aliphatic heterocycles. The highest BCUT2D eigenvalue weighted by Gasteiger charge is 2.10. The number of halogens is 1. The lowest BCUT2D eigenvalue weighted by Gasteiger charge is -2.06. The van der Waals surface area contributed by atoms with Gasteiger partial charge in [0.1, 0.15) is 0 Å². The van der Waals surface area contributed by atoms with Gasteiger partial charge in [-0.05, 0) is 42.3 Å². The predicted molar refractivity (Wildman–Crippen MR) is 100 cm³/mol. The number of hydrogen-bond acceptors (Lipinski definition) is 3. The van der Waals surface area contributed by atoms with Crippen LogP contribution >= 0.6 is 15.9 Å². The first-order chi connectivity index (χ1) is 12.1. The maximum absolute atomic E-state index is 11.9. The van der Waals surface area contributed by atoms with Gasteiger partial charge in [-0.15, -0.1) is 0 Å². The number of fused-ring (bicyclic) bond motifs is 1. The number of aromatic amines is 1. The summed E-state index contributed by atoms with van der Waals surface area (Å²) in [7, 11) is 0. The topological polar surface area (TPSA) is 71.2 Å². The molecule has 0 spiro atoms. The summed E-state index contributed by atoms with van der Waals surface area (Å²) in [5.74, 6) is -0.751. The number of ether oxygens (including phenoxy) is 1. The Labute approximate surface area is 153 Å². The number of benzene rings is 2. The number of esters is 1. The van der Waals surface area contributed by atoms with Crippen LogP contribution in [-0.2, 0) is 20.7 Å². The van der Waals surface area contributed by atoms with Gasteiger partial charge in [-0.1, -0.05) is 34.1 Å². The minimum Gasteiger partial charge on any atom is -0.456 e. The number of anilines is 1. The zero-order valence-electron chi connectivity index (χ0n) is 13.4. The van der Waals surface area contributed by atoms with Gasteiger partial charge in [-0.25, -0.2) is 0 Å². The van der Waals surface area contributed by atoms with Crippen molar-refractivity contribution in [3.8, 4) is 0 Å². The van der Waals surface area contributed by atoms with Crippen LogP contribution in [0.4, 0.5) is 5.69 Å². The van der Waals surface area contributed by atoms with E-state index in [-0.39, 0.29) is 18.9 Å². The molecule has 0 bridgehead atoms. The number of rotatable bonds is 6.